The highest BCUT2D eigenvalue weighted by atomic mass is 19.3. The molecule has 1 fully saturated rings. The maximum absolute atomic E-state index is 14.3. The molecule has 166 valence electrons. The summed E-state index contributed by atoms with van der Waals surface area (Å²) in [5.74, 6) is -1.20. The molecule has 2 aromatic rings. The minimum Gasteiger partial charge on any atom is -0.419 e. The van der Waals surface area contributed by atoms with E-state index in [9.17, 15) is 18.0 Å². The van der Waals surface area contributed by atoms with Crippen molar-refractivity contribution in [3.8, 4) is 11.4 Å². The molecule has 31 heavy (non-hydrogen) atoms. The Kier molecular flexibility index (Phi) is 7.09. The fourth-order valence-electron chi connectivity index (χ4n) is 3.65. The van der Waals surface area contributed by atoms with Gasteiger partial charge in [0.25, 0.3) is 5.90 Å². The molecular formula is C21H24F3N5O2. The molecule has 1 aliphatic heterocycles. The molecular weight excluding hydrogens is 411 g/mol. The predicted molar refractivity (Wildman–Crippen MR) is 110 cm³/mol. The van der Waals surface area contributed by atoms with Crippen LogP contribution in [0.25, 0.3) is 11.4 Å². The second-order valence-corrected chi connectivity index (χ2v) is 7.38. The van der Waals surface area contributed by atoms with Crippen LogP contribution in [0.5, 0.6) is 0 Å². The Hall–Kier alpha value is -3.17. The number of benzene rings is 1. The minimum absolute atomic E-state index is 0.0737. The number of nitrogens with zero attached hydrogens (tertiary/aromatic N) is 4. The second-order valence-electron chi connectivity index (χ2n) is 7.38. The lowest BCUT2D eigenvalue weighted by Crippen LogP contribution is -2.37. The van der Waals surface area contributed by atoms with Crippen molar-refractivity contribution in [2.45, 2.75) is 32.7 Å². The minimum atomic E-state index is -3.10. The van der Waals surface area contributed by atoms with Gasteiger partial charge >= 0.3 is 6.43 Å². The third kappa shape index (κ3) is 5.50. The van der Waals surface area contributed by atoms with E-state index in [-0.39, 0.29) is 17.4 Å². The maximum Gasteiger partial charge on any atom is 0.312 e. The van der Waals surface area contributed by atoms with E-state index in [2.05, 4.69) is 9.98 Å². The molecule has 0 atom stereocenters. The summed E-state index contributed by atoms with van der Waals surface area (Å²) in [6.07, 6.45) is 2.04. The normalized spacial score (nSPS) is 15.4. The van der Waals surface area contributed by atoms with Crippen molar-refractivity contribution in [2.75, 3.05) is 20.1 Å². The average molecular weight is 435 g/mol. The number of carbonyl (C=O) groups excluding carboxylic acids is 1. The number of aromatic nitrogens is 2. The van der Waals surface area contributed by atoms with Crippen LogP contribution < -0.4 is 0 Å². The van der Waals surface area contributed by atoms with Crippen LogP contribution in [0.1, 0.15) is 25.3 Å². The van der Waals surface area contributed by atoms with Crippen LogP contribution in [0.4, 0.5) is 13.2 Å². The van der Waals surface area contributed by atoms with Crippen molar-refractivity contribution in [1.29, 1.82) is 5.41 Å². The maximum atomic E-state index is 14.3. The lowest BCUT2D eigenvalue weighted by atomic mass is 9.96. The molecule has 0 bridgehead atoms. The van der Waals surface area contributed by atoms with Crippen molar-refractivity contribution in [3.63, 3.8) is 0 Å². The highest BCUT2D eigenvalue weighted by Gasteiger charge is 2.23. The van der Waals surface area contributed by atoms with E-state index < -0.39 is 18.1 Å². The molecule has 1 amide bonds. The summed E-state index contributed by atoms with van der Waals surface area (Å²) in [6, 6.07) is 3.95. The lowest BCUT2D eigenvalue weighted by molar-refractivity contribution is -0.130. The molecule has 1 N–H and O–H groups in total. The van der Waals surface area contributed by atoms with E-state index in [4.69, 9.17) is 10.1 Å². The first-order valence-electron chi connectivity index (χ1n) is 9.87. The average Bonchev–Trinajstić information content (AvgIpc) is 3.19. The molecule has 3 rings (SSSR count). The largest absolute Gasteiger partial charge is 0.419 e. The van der Waals surface area contributed by atoms with Gasteiger partial charge in [-0.3, -0.25) is 15.2 Å². The molecule has 0 unspecified atom stereocenters. The Morgan fingerprint density at radius 1 is 1.32 bits per heavy atom. The highest BCUT2D eigenvalue weighted by molar-refractivity contribution is 6.02. The second kappa shape index (κ2) is 9.76. The smallest absolute Gasteiger partial charge is 0.312 e. The lowest BCUT2D eigenvalue weighted by Gasteiger charge is -2.31. The van der Waals surface area contributed by atoms with Crippen molar-refractivity contribution in [2.24, 2.45) is 10.9 Å². The van der Waals surface area contributed by atoms with Gasteiger partial charge in [0, 0.05) is 57.1 Å². The summed E-state index contributed by atoms with van der Waals surface area (Å²) >= 11 is 0. The number of rotatable bonds is 5. The number of aliphatic imine (C=N–C) groups is 1. The molecule has 2 heterocycles. The first-order chi connectivity index (χ1) is 14.8. The summed E-state index contributed by atoms with van der Waals surface area (Å²) in [5, 5.41) is 7.20. The van der Waals surface area contributed by atoms with Crippen LogP contribution in [-0.4, -0.2) is 58.7 Å². The predicted octanol–water partition coefficient (Wildman–Crippen LogP) is 3.58. The van der Waals surface area contributed by atoms with Crippen LogP contribution in [0.3, 0.4) is 0 Å². The van der Waals surface area contributed by atoms with Crippen LogP contribution >= 0.6 is 0 Å². The van der Waals surface area contributed by atoms with Crippen LogP contribution in [-0.2, 0) is 16.1 Å². The molecule has 1 saturated heterocycles. The summed E-state index contributed by atoms with van der Waals surface area (Å²) in [7, 11) is 1.31. The molecule has 7 nitrogen and oxygen atoms in total. The number of hydrogen-bond acceptors (Lipinski definition) is 5. The number of alkyl halides is 2. The Balaban J connectivity index is 1.81. The molecule has 1 aromatic heterocycles. The van der Waals surface area contributed by atoms with Gasteiger partial charge in [0.2, 0.25) is 11.8 Å². The zero-order chi connectivity index (χ0) is 22.5. The SMILES string of the molecule is CN=C(OC(=N)C(F)F)c1cc(F)cc(-c2nccn2CC2CCN(C(C)=O)CC2)c1. The van der Waals surface area contributed by atoms with Crippen molar-refractivity contribution in [1.82, 2.24) is 14.5 Å². The molecule has 1 aromatic carbocycles. The van der Waals surface area contributed by atoms with E-state index in [1.807, 2.05) is 9.47 Å². The Morgan fingerprint density at radius 3 is 2.65 bits per heavy atom. The Labute approximate surface area is 178 Å². The number of ether oxygens (including phenoxy) is 1. The third-order valence-electron chi connectivity index (χ3n) is 5.24. The van der Waals surface area contributed by atoms with Gasteiger partial charge in [-0.25, -0.2) is 9.37 Å². The molecule has 1 aliphatic rings. The van der Waals surface area contributed by atoms with Gasteiger partial charge < -0.3 is 14.2 Å². The van der Waals surface area contributed by atoms with Crippen LogP contribution in [0.15, 0.2) is 35.6 Å². The number of hydrogen-bond donors (Lipinski definition) is 1. The first-order valence-corrected chi connectivity index (χ1v) is 9.87. The standard InChI is InChI=1S/C21H24F3N5O2/c1-13(30)28-6-3-14(4-7-28)12-29-8-5-27-20(29)15-9-16(11-17(22)10-15)21(26-2)31-19(25)18(23)24/h5,8-11,14,18,25H,3-4,6-7,12H2,1-2H3. The first kappa shape index (κ1) is 22.5. The zero-order valence-corrected chi connectivity index (χ0v) is 17.3. The summed E-state index contributed by atoms with van der Waals surface area (Å²) < 4.78 is 46.4. The summed E-state index contributed by atoms with van der Waals surface area (Å²) in [4.78, 5) is 21.5. The molecule has 10 heteroatoms. The fraction of sp³-hybridized carbons (Fsp3) is 0.429. The van der Waals surface area contributed by atoms with Gasteiger partial charge in [-0.1, -0.05) is 0 Å². The van der Waals surface area contributed by atoms with E-state index in [1.54, 1.807) is 25.4 Å². The number of imidazole rings is 1. The highest BCUT2D eigenvalue weighted by Crippen LogP contribution is 2.25. The van der Waals surface area contributed by atoms with Gasteiger partial charge in [0.1, 0.15) is 11.6 Å². The Bertz CT molecular complexity index is 981. The number of halogens is 3. The van der Waals surface area contributed by atoms with Crippen molar-refractivity contribution in [3.05, 3.63) is 42.0 Å². The van der Waals surface area contributed by atoms with Gasteiger partial charge in [0.05, 0.1) is 0 Å². The van der Waals surface area contributed by atoms with Crippen molar-refractivity contribution < 1.29 is 22.7 Å². The fourth-order valence-corrected chi connectivity index (χ4v) is 3.65. The topological polar surface area (TPSA) is 83.6 Å². The van der Waals surface area contributed by atoms with Gasteiger partial charge in [-0.2, -0.15) is 8.78 Å². The number of nitrogens with one attached hydrogen (secondary N) is 1. The number of carbonyl (C=O) groups is 1. The van der Waals surface area contributed by atoms with Crippen LogP contribution in [0.2, 0.25) is 0 Å². The number of likely N-dealkylation sites (tertiary alicyclic amines) is 1. The zero-order valence-electron chi connectivity index (χ0n) is 17.3. The third-order valence-corrected chi connectivity index (χ3v) is 5.24. The van der Waals surface area contributed by atoms with E-state index >= 15 is 0 Å². The van der Waals surface area contributed by atoms with Gasteiger partial charge in [-0.15, -0.1) is 0 Å². The monoisotopic (exact) mass is 435 g/mol. The Morgan fingerprint density at radius 2 is 2.03 bits per heavy atom. The van der Waals surface area contributed by atoms with E-state index in [0.29, 0.717) is 36.9 Å². The van der Waals surface area contributed by atoms with Gasteiger partial charge in [-0.05, 0) is 37.0 Å². The summed E-state index contributed by atoms with van der Waals surface area (Å²) in [5.41, 5.74) is 0.571. The number of piperidine rings is 1. The molecule has 0 saturated carbocycles. The molecule has 0 radical (unpaired) electrons. The van der Waals surface area contributed by atoms with Gasteiger partial charge in [0.15, 0.2) is 0 Å². The van der Waals surface area contributed by atoms with Crippen LogP contribution in [0, 0.1) is 17.1 Å². The molecule has 0 spiro atoms. The van der Waals surface area contributed by atoms with Crippen molar-refractivity contribution >= 4 is 17.7 Å². The molecule has 0 aliphatic carbocycles. The quantitative estimate of drug-likeness (QED) is 0.576. The van der Waals surface area contributed by atoms with E-state index in [0.717, 1.165) is 18.9 Å². The summed E-state index contributed by atoms with van der Waals surface area (Å²) in [6.45, 7) is 3.64. The van der Waals surface area contributed by atoms with E-state index in [1.165, 1.54) is 13.1 Å². The number of amides is 1.